The van der Waals surface area contributed by atoms with Gasteiger partial charge in [-0.2, -0.15) is 0 Å². The number of nitrogens with zero attached hydrogens (tertiary/aromatic N) is 4. The van der Waals surface area contributed by atoms with Crippen LogP contribution in [0.25, 0.3) is 0 Å². The Bertz CT molecular complexity index is 1230. The molecule has 24 heteroatoms. The van der Waals surface area contributed by atoms with Crippen LogP contribution in [-0.4, -0.2) is 195 Å². The van der Waals surface area contributed by atoms with E-state index >= 15 is 0 Å². The van der Waals surface area contributed by atoms with Crippen LogP contribution in [0.4, 0.5) is 5.69 Å². The molecule has 1 aliphatic heterocycles. The Hall–Kier alpha value is -2.09. The van der Waals surface area contributed by atoms with Gasteiger partial charge >= 0.3 is 17.9 Å². The maximum atomic E-state index is 13.3. The van der Waals surface area contributed by atoms with Gasteiger partial charge in [0.2, 0.25) is 5.91 Å². The standard InChI is InChI=1S/C28H43N7O13.3ClH.Gd/c36-16-22(39)30-27(47)18-9-19(28(48)31-23(40)17-37)11-20(10-18)29-21(38)12-32-1-3-33(13-24(41)42)5-7-35(15-26(45)46)8-6-34(4-2-32)14-25(43)44;;;;/h9-11,22-23,36-37,39-40H,1-8,12-17H2,(H,29,38)(H,30,47)(H,31,48)(H,41,42)(H,43,44)(H,45,46);3*1H;/p-3. The molecule has 10 N–H and O–H groups in total. The number of anilines is 1. The summed E-state index contributed by atoms with van der Waals surface area (Å²) in [5, 5.41) is 72.2. The predicted octanol–water partition coefficient (Wildman–Crippen LogP) is -13.8. The Morgan fingerprint density at radius 1 is 0.558 bits per heavy atom. The molecular weight excluding hydrogens is 906 g/mol. The number of carboxylic acids is 3. The summed E-state index contributed by atoms with van der Waals surface area (Å²) in [6, 6.07) is 3.48. The molecule has 1 aromatic rings. The molecule has 1 aromatic carbocycles. The van der Waals surface area contributed by atoms with Crippen molar-refractivity contribution >= 4 is 41.3 Å². The number of aliphatic hydroxyl groups excluding tert-OH is 4. The predicted molar refractivity (Wildman–Crippen MR) is 165 cm³/mol. The molecular formula is C28H43Cl3GdN7O13-3. The Morgan fingerprint density at radius 3 is 1.12 bits per heavy atom. The van der Waals surface area contributed by atoms with Crippen molar-refractivity contribution < 1.29 is 142 Å². The minimum atomic E-state index is -1.63. The van der Waals surface area contributed by atoms with Gasteiger partial charge in [-0.3, -0.25) is 48.4 Å². The molecule has 1 aliphatic rings. The fourth-order valence-corrected chi connectivity index (χ4v) is 4.71. The Labute approximate surface area is 349 Å². The van der Waals surface area contributed by atoms with Crippen molar-refractivity contribution in [2.24, 2.45) is 0 Å². The van der Waals surface area contributed by atoms with E-state index in [0.717, 1.165) is 6.07 Å². The van der Waals surface area contributed by atoms with Crippen LogP contribution in [-0.2, 0) is 19.2 Å². The zero-order chi connectivity index (χ0) is 35.8. The van der Waals surface area contributed by atoms with Crippen molar-refractivity contribution in [2.45, 2.75) is 12.5 Å². The molecule has 1 heterocycles. The van der Waals surface area contributed by atoms with Crippen LogP contribution in [0.15, 0.2) is 18.2 Å². The number of hydrogen-bond acceptors (Lipinski definition) is 14. The molecule has 3 amide bonds. The maximum Gasteiger partial charge on any atom is 0.317 e. The number of aliphatic carboxylic acids is 3. The number of carbonyl (C=O) groups is 6. The SMILES string of the molecule is O=C(O)CN1CCN(CC(=O)O)CCN(CC(=O)Nc2cc(C(=O)NC(O)CO)cc(C(=O)NC(O)CO)c2)CCN(CC(=O)O)CC1.[Cl-].[Cl-].[Cl-].[Gd]. The molecule has 0 aliphatic carbocycles. The van der Waals surface area contributed by atoms with E-state index in [9.17, 15) is 54.3 Å². The number of benzene rings is 1. The van der Waals surface area contributed by atoms with Gasteiger partial charge in [0.25, 0.3) is 11.8 Å². The first-order chi connectivity index (χ1) is 22.7. The number of rotatable bonds is 15. The van der Waals surface area contributed by atoms with Crippen molar-refractivity contribution in [1.82, 2.24) is 30.2 Å². The Kier molecular flexibility index (Phi) is 29.6. The Morgan fingerprint density at radius 2 is 0.846 bits per heavy atom. The molecule has 2 rings (SSSR count). The second-order valence-corrected chi connectivity index (χ2v) is 11.0. The largest absolute Gasteiger partial charge is 1.00 e. The molecule has 2 atom stereocenters. The first-order valence-corrected chi connectivity index (χ1v) is 14.9. The first kappa shape index (κ1) is 54.3. The number of hydrogen-bond donors (Lipinski definition) is 10. The van der Waals surface area contributed by atoms with E-state index in [2.05, 4.69) is 16.0 Å². The number of aliphatic hydroxyl groups is 4. The molecule has 52 heavy (non-hydrogen) atoms. The normalized spacial score (nSPS) is 15.9. The van der Waals surface area contributed by atoms with E-state index in [-0.39, 0.29) is 173 Å². The van der Waals surface area contributed by atoms with Crippen LogP contribution in [0.5, 0.6) is 0 Å². The molecule has 0 aromatic heterocycles. The van der Waals surface area contributed by atoms with Crippen LogP contribution in [0.3, 0.4) is 0 Å². The summed E-state index contributed by atoms with van der Waals surface area (Å²) in [5.41, 5.74) is -0.454. The van der Waals surface area contributed by atoms with Crippen LogP contribution < -0.4 is 53.2 Å². The minimum absolute atomic E-state index is 0. The van der Waals surface area contributed by atoms with Crippen molar-refractivity contribution in [1.29, 1.82) is 0 Å². The van der Waals surface area contributed by atoms with E-state index in [0.29, 0.717) is 0 Å². The monoisotopic (exact) mass is 948 g/mol. The fourth-order valence-electron chi connectivity index (χ4n) is 4.71. The van der Waals surface area contributed by atoms with Gasteiger partial charge in [-0.15, -0.1) is 0 Å². The average Bonchev–Trinajstić information content (AvgIpc) is 3.01. The van der Waals surface area contributed by atoms with E-state index < -0.39 is 61.3 Å². The summed E-state index contributed by atoms with van der Waals surface area (Å²) in [6.07, 6.45) is -3.25. The van der Waals surface area contributed by atoms with E-state index in [4.69, 9.17) is 10.2 Å². The van der Waals surface area contributed by atoms with Gasteiger partial charge in [0.15, 0.2) is 0 Å². The maximum absolute atomic E-state index is 13.3. The van der Waals surface area contributed by atoms with E-state index in [1.165, 1.54) is 12.1 Å². The molecule has 0 radical (unpaired) electrons. The number of carbonyl (C=O) groups excluding carboxylic acids is 3. The first-order valence-electron chi connectivity index (χ1n) is 14.9. The minimum Gasteiger partial charge on any atom is -1.00 e. The van der Waals surface area contributed by atoms with Gasteiger partial charge in [-0.05, 0) is 18.2 Å². The summed E-state index contributed by atoms with van der Waals surface area (Å²) in [6.45, 7) is -1.46. The molecule has 1 fully saturated rings. The quantitative estimate of drug-likeness (QED) is 0.0731. The molecule has 0 spiro atoms. The van der Waals surface area contributed by atoms with E-state index in [1.54, 1.807) is 19.6 Å². The third-order valence-corrected chi connectivity index (χ3v) is 7.06. The van der Waals surface area contributed by atoms with Gasteiger partial charge in [-0.25, -0.2) is 0 Å². The van der Waals surface area contributed by atoms with Gasteiger partial charge in [0.05, 0.1) is 39.4 Å². The summed E-state index contributed by atoms with van der Waals surface area (Å²) in [4.78, 5) is 79.4. The average molecular weight is 949 g/mol. The zero-order valence-electron chi connectivity index (χ0n) is 27.6. The Balaban J connectivity index is -0.00000600. The topological polar surface area (TPSA) is 293 Å². The van der Waals surface area contributed by atoms with Crippen LogP contribution >= 0.6 is 0 Å². The van der Waals surface area contributed by atoms with Gasteiger partial charge in [-0.1, -0.05) is 0 Å². The van der Waals surface area contributed by atoms with Gasteiger partial charge in [0.1, 0.15) is 12.5 Å². The molecule has 1 saturated heterocycles. The second kappa shape index (κ2) is 28.4. The third-order valence-electron chi connectivity index (χ3n) is 7.06. The van der Waals surface area contributed by atoms with Crippen LogP contribution in [0.2, 0.25) is 0 Å². The number of nitrogens with one attached hydrogen (secondary N) is 3. The summed E-state index contributed by atoms with van der Waals surface area (Å²) in [7, 11) is 0. The molecule has 20 nitrogen and oxygen atoms in total. The summed E-state index contributed by atoms with van der Waals surface area (Å²) in [5.74, 6) is -5.74. The van der Waals surface area contributed by atoms with Crippen molar-refractivity contribution in [3.63, 3.8) is 0 Å². The summed E-state index contributed by atoms with van der Waals surface area (Å²) >= 11 is 0. The van der Waals surface area contributed by atoms with Crippen molar-refractivity contribution in [2.75, 3.05) is 97.1 Å². The van der Waals surface area contributed by atoms with Crippen molar-refractivity contribution in [3.05, 3.63) is 29.3 Å². The molecule has 0 saturated carbocycles. The second-order valence-electron chi connectivity index (χ2n) is 11.0. The number of carboxylic acid groups (broad SMARTS) is 3. The van der Waals surface area contributed by atoms with E-state index in [1.807, 2.05) is 0 Å². The van der Waals surface area contributed by atoms with Crippen LogP contribution in [0, 0.1) is 39.9 Å². The number of halogens is 3. The van der Waals surface area contributed by atoms with Crippen LogP contribution in [0.1, 0.15) is 20.7 Å². The molecule has 300 valence electrons. The zero-order valence-corrected chi connectivity index (χ0v) is 32.2. The fraction of sp³-hybridized carbons (Fsp3) is 0.571. The van der Waals surface area contributed by atoms with Gasteiger partial charge < -0.3 is 88.9 Å². The third kappa shape index (κ3) is 21.6. The summed E-state index contributed by atoms with van der Waals surface area (Å²) < 4.78 is 0. The molecule has 2 unspecified atom stereocenters. The molecule has 0 bridgehead atoms. The smallest absolute Gasteiger partial charge is 0.317 e. The van der Waals surface area contributed by atoms with Gasteiger partial charge in [0, 0.05) is 109 Å². The van der Waals surface area contributed by atoms with Crippen molar-refractivity contribution in [3.8, 4) is 0 Å². The number of amides is 3.